The maximum Gasteiger partial charge on any atom is 0.162 e. The van der Waals surface area contributed by atoms with Crippen molar-refractivity contribution in [1.29, 1.82) is 0 Å². The lowest BCUT2D eigenvalue weighted by Gasteiger charge is -2.42. The Hall–Kier alpha value is -1.22. The van der Waals surface area contributed by atoms with E-state index in [0.29, 0.717) is 0 Å². The van der Waals surface area contributed by atoms with Crippen molar-refractivity contribution in [1.82, 2.24) is 5.32 Å². The fourth-order valence-electron chi connectivity index (χ4n) is 2.58. The molecule has 3 heteroatoms. The third-order valence-corrected chi connectivity index (χ3v) is 4.06. The molecule has 1 saturated carbocycles. The summed E-state index contributed by atoms with van der Waals surface area (Å²) in [6, 6.07) is 6.26. The lowest BCUT2D eigenvalue weighted by atomic mass is 9.77. The van der Waals surface area contributed by atoms with E-state index in [2.05, 4.69) is 30.4 Å². The molecule has 2 rings (SSSR count). The van der Waals surface area contributed by atoms with Crippen LogP contribution in [0.2, 0.25) is 0 Å². The molecule has 19 heavy (non-hydrogen) atoms. The van der Waals surface area contributed by atoms with Crippen LogP contribution < -0.4 is 14.8 Å². The molecule has 0 aromatic heterocycles. The van der Waals surface area contributed by atoms with Crippen LogP contribution in [0, 0.1) is 0 Å². The molecule has 0 spiro atoms. The molecule has 106 valence electrons. The van der Waals surface area contributed by atoms with E-state index >= 15 is 0 Å². The van der Waals surface area contributed by atoms with Gasteiger partial charge in [-0.2, -0.15) is 0 Å². The van der Waals surface area contributed by atoms with Crippen molar-refractivity contribution in [3.8, 4) is 11.5 Å². The Morgan fingerprint density at radius 1 is 1.26 bits per heavy atom. The van der Waals surface area contributed by atoms with Crippen molar-refractivity contribution >= 4 is 0 Å². The lowest BCUT2D eigenvalue weighted by molar-refractivity contribution is -0.0157. The van der Waals surface area contributed by atoms with E-state index in [9.17, 15) is 0 Å². The van der Waals surface area contributed by atoms with Crippen molar-refractivity contribution in [3.05, 3.63) is 23.8 Å². The largest absolute Gasteiger partial charge is 0.493 e. The lowest BCUT2D eigenvalue weighted by Crippen LogP contribution is -2.45. The third-order valence-electron chi connectivity index (χ3n) is 4.06. The summed E-state index contributed by atoms with van der Waals surface area (Å²) >= 11 is 0. The number of rotatable bonds is 7. The van der Waals surface area contributed by atoms with Crippen LogP contribution in [0.15, 0.2) is 18.2 Å². The van der Waals surface area contributed by atoms with Gasteiger partial charge >= 0.3 is 0 Å². The van der Waals surface area contributed by atoms with Crippen molar-refractivity contribution in [2.75, 3.05) is 20.7 Å². The van der Waals surface area contributed by atoms with Gasteiger partial charge in [0.1, 0.15) is 5.60 Å². The highest BCUT2D eigenvalue weighted by Crippen LogP contribution is 2.42. The van der Waals surface area contributed by atoms with Crippen LogP contribution in [0.3, 0.4) is 0 Å². The first kappa shape index (κ1) is 14.2. The highest BCUT2D eigenvalue weighted by atomic mass is 16.5. The zero-order valence-electron chi connectivity index (χ0n) is 12.3. The molecule has 0 aliphatic heterocycles. The van der Waals surface area contributed by atoms with Gasteiger partial charge in [-0.25, -0.2) is 0 Å². The molecule has 0 heterocycles. The van der Waals surface area contributed by atoms with Crippen LogP contribution in [0.25, 0.3) is 0 Å². The smallest absolute Gasteiger partial charge is 0.162 e. The molecule has 3 nitrogen and oxygen atoms in total. The minimum atomic E-state index is 0.0179. The molecule has 1 N–H and O–H groups in total. The molecule has 0 saturated heterocycles. The van der Waals surface area contributed by atoms with E-state index in [4.69, 9.17) is 9.47 Å². The van der Waals surface area contributed by atoms with Gasteiger partial charge in [0.15, 0.2) is 11.5 Å². The fourth-order valence-corrected chi connectivity index (χ4v) is 2.58. The molecule has 1 aliphatic rings. The molecular formula is C16H25NO2. The summed E-state index contributed by atoms with van der Waals surface area (Å²) in [6.07, 6.45) is 5.63. The van der Waals surface area contributed by atoms with E-state index in [1.165, 1.54) is 12.0 Å². The van der Waals surface area contributed by atoms with Crippen LogP contribution in [-0.4, -0.2) is 26.3 Å². The molecule has 0 atom stereocenters. The van der Waals surface area contributed by atoms with Gasteiger partial charge in [0.05, 0.1) is 7.11 Å². The predicted octanol–water partition coefficient (Wildman–Crippen LogP) is 3.17. The van der Waals surface area contributed by atoms with E-state index in [1.54, 1.807) is 7.11 Å². The number of hydrogen-bond acceptors (Lipinski definition) is 3. The molecule has 1 aliphatic carbocycles. The molecule has 0 bridgehead atoms. The Morgan fingerprint density at radius 3 is 2.58 bits per heavy atom. The van der Waals surface area contributed by atoms with Crippen molar-refractivity contribution in [3.63, 3.8) is 0 Å². The molecule has 1 aromatic carbocycles. The normalized spacial score (nSPS) is 16.8. The second-order valence-corrected chi connectivity index (χ2v) is 5.33. The maximum atomic E-state index is 6.30. The topological polar surface area (TPSA) is 30.5 Å². The summed E-state index contributed by atoms with van der Waals surface area (Å²) in [4.78, 5) is 0. The summed E-state index contributed by atoms with van der Waals surface area (Å²) in [7, 11) is 3.70. The average molecular weight is 263 g/mol. The van der Waals surface area contributed by atoms with E-state index in [-0.39, 0.29) is 5.60 Å². The van der Waals surface area contributed by atoms with Gasteiger partial charge in [-0.05, 0) is 63.4 Å². The van der Waals surface area contributed by atoms with E-state index < -0.39 is 0 Å². The highest BCUT2D eigenvalue weighted by Gasteiger charge is 2.39. The van der Waals surface area contributed by atoms with Crippen LogP contribution in [0.4, 0.5) is 0 Å². The average Bonchev–Trinajstić information content (AvgIpc) is 2.41. The number of aryl methyl sites for hydroxylation is 1. The van der Waals surface area contributed by atoms with Crippen LogP contribution in [0.5, 0.6) is 11.5 Å². The second kappa shape index (κ2) is 6.29. The monoisotopic (exact) mass is 263 g/mol. The van der Waals surface area contributed by atoms with Gasteiger partial charge in [-0.3, -0.25) is 0 Å². The number of hydrogen-bond donors (Lipinski definition) is 1. The van der Waals surface area contributed by atoms with Gasteiger partial charge in [-0.1, -0.05) is 13.0 Å². The van der Waals surface area contributed by atoms with Gasteiger partial charge < -0.3 is 14.8 Å². The highest BCUT2D eigenvalue weighted by molar-refractivity contribution is 5.43. The maximum absolute atomic E-state index is 6.30. The zero-order valence-corrected chi connectivity index (χ0v) is 12.3. The Bertz CT molecular complexity index is 413. The zero-order chi connectivity index (χ0) is 13.7. The van der Waals surface area contributed by atoms with Gasteiger partial charge in [0.2, 0.25) is 0 Å². The Balaban J connectivity index is 2.12. The van der Waals surface area contributed by atoms with Gasteiger partial charge in [-0.15, -0.1) is 0 Å². The minimum Gasteiger partial charge on any atom is -0.493 e. The first-order chi connectivity index (χ1) is 9.23. The summed E-state index contributed by atoms with van der Waals surface area (Å²) < 4.78 is 11.8. The van der Waals surface area contributed by atoms with Crippen molar-refractivity contribution in [2.24, 2.45) is 0 Å². The molecule has 0 unspecified atom stereocenters. The summed E-state index contributed by atoms with van der Waals surface area (Å²) in [6.45, 7) is 3.14. The van der Waals surface area contributed by atoms with Gasteiger partial charge in [0, 0.05) is 0 Å². The third kappa shape index (κ3) is 3.21. The van der Waals surface area contributed by atoms with Crippen molar-refractivity contribution < 1.29 is 9.47 Å². The molecule has 0 radical (unpaired) electrons. The first-order valence-corrected chi connectivity index (χ1v) is 7.23. The van der Waals surface area contributed by atoms with Gasteiger partial charge in [0.25, 0.3) is 0 Å². The van der Waals surface area contributed by atoms with Crippen LogP contribution >= 0.6 is 0 Å². The predicted molar refractivity (Wildman–Crippen MR) is 78.1 cm³/mol. The second-order valence-electron chi connectivity index (χ2n) is 5.33. The van der Waals surface area contributed by atoms with E-state index in [1.807, 2.05) is 7.05 Å². The fraction of sp³-hybridized carbons (Fsp3) is 0.625. The van der Waals surface area contributed by atoms with Crippen LogP contribution in [0.1, 0.15) is 38.2 Å². The number of nitrogens with one attached hydrogen (secondary N) is 1. The molecule has 0 amide bonds. The number of benzene rings is 1. The standard InChI is InChI=1S/C16H25NO2/c1-4-13-6-7-14(15(12-13)18-3)19-16(8-5-9-16)10-11-17-2/h6-7,12,17H,4-5,8-11H2,1-3H3. The summed E-state index contributed by atoms with van der Waals surface area (Å²) in [5.74, 6) is 1.74. The molecule has 1 aromatic rings. The van der Waals surface area contributed by atoms with Crippen LogP contribution in [-0.2, 0) is 6.42 Å². The Labute approximate surface area is 116 Å². The summed E-state index contributed by atoms with van der Waals surface area (Å²) in [5, 5.41) is 3.21. The Kier molecular flexibility index (Phi) is 4.70. The van der Waals surface area contributed by atoms with Crippen molar-refractivity contribution in [2.45, 2.75) is 44.6 Å². The first-order valence-electron chi connectivity index (χ1n) is 7.23. The molecular weight excluding hydrogens is 238 g/mol. The minimum absolute atomic E-state index is 0.0179. The molecule has 1 fully saturated rings. The number of ether oxygens (including phenoxy) is 2. The summed E-state index contributed by atoms with van der Waals surface area (Å²) in [5.41, 5.74) is 1.30. The van der Waals surface area contributed by atoms with E-state index in [0.717, 1.165) is 43.7 Å². The number of methoxy groups -OCH3 is 1. The quantitative estimate of drug-likeness (QED) is 0.819. The Morgan fingerprint density at radius 2 is 2.05 bits per heavy atom. The SMILES string of the molecule is CCc1ccc(OC2(CCNC)CCC2)c(OC)c1.